The zero-order valence-corrected chi connectivity index (χ0v) is 21.8. The Morgan fingerprint density at radius 1 is 1.19 bits per heavy atom. The van der Waals surface area contributed by atoms with Crippen molar-refractivity contribution in [2.45, 2.75) is 58.6 Å². The fraction of sp³-hybridized carbons (Fsp3) is 0.400. The van der Waals surface area contributed by atoms with E-state index in [0.29, 0.717) is 13.1 Å². The minimum Gasteiger partial charge on any atom is -0.444 e. The summed E-state index contributed by atoms with van der Waals surface area (Å²) in [4.78, 5) is 26.9. The number of allylic oxidation sites excluding steroid dienone is 7. The molecule has 2 N–H and O–H groups in total. The molecule has 1 fully saturated rings. The van der Waals surface area contributed by atoms with E-state index in [1.807, 2.05) is 30.0 Å². The first kappa shape index (κ1) is 27.2. The predicted octanol–water partition coefficient (Wildman–Crippen LogP) is 5.42. The number of rotatable bonds is 6. The van der Waals surface area contributed by atoms with Gasteiger partial charge in [0.1, 0.15) is 5.60 Å². The van der Waals surface area contributed by atoms with E-state index >= 15 is 0 Å². The largest absolute Gasteiger partial charge is 0.444 e. The average Bonchev–Trinajstić information content (AvgIpc) is 2.99. The van der Waals surface area contributed by atoms with Crippen molar-refractivity contribution in [3.8, 4) is 0 Å². The van der Waals surface area contributed by atoms with Crippen LogP contribution in [0.2, 0.25) is 0 Å². The van der Waals surface area contributed by atoms with Crippen LogP contribution >= 0.6 is 0 Å². The molecular weight excluding hydrogens is 452 g/mol. The average molecular weight is 491 g/mol. The Morgan fingerprint density at radius 3 is 2.50 bits per heavy atom. The number of carbonyl (C=O) groups is 2. The molecule has 1 aliphatic carbocycles. The van der Waals surface area contributed by atoms with E-state index in [4.69, 9.17) is 4.74 Å². The molecule has 2 aliphatic rings. The first-order valence-electron chi connectivity index (χ1n) is 12.5. The molecule has 1 aliphatic heterocycles. The van der Waals surface area contributed by atoms with Crippen molar-refractivity contribution in [1.82, 2.24) is 10.2 Å². The SMILES string of the molecule is C=CC1=C(/C=C\C)C(=C2CCN(C(=O)C[C@@H](CO)NC(=O)OC(C)(C)C)CC2)c2ccccc2C=C1. The van der Waals surface area contributed by atoms with Crippen LogP contribution < -0.4 is 5.32 Å². The molecular formula is C30H38N2O4. The summed E-state index contributed by atoms with van der Waals surface area (Å²) < 4.78 is 5.25. The maximum absolute atomic E-state index is 13.0. The molecule has 2 amide bonds. The van der Waals surface area contributed by atoms with Gasteiger partial charge in [-0.3, -0.25) is 4.79 Å². The molecule has 0 aromatic heterocycles. The number of nitrogens with zero attached hydrogens (tertiary/aromatic N) is 1. The quantitative estimate of drug-likeness (QED) is 0.558. The Hall–Kier alpha value is -3.38. The maximum atomic E-state index is 13.0. The summed E-state index contributed by atoms with van der Waals surface area (Å²) in [7, 11) is 0. The van der Waals surface area contributed by atoms with Gasteiger partial charge in [0.15, 0.2) is 0 Å². The Bertz CT molecular complexity index is 1110. The van der Waals surface area contributed by atoms with Crippen molar-refractivity contribution in [3.63, 3.8) is 0 Å². The first-order chi connectivity index (χ1) is 17.2. The van der Waals surface area contributed by atoms with Crippen molar-refractivity contribution in [2.24, 2.45) is 0 Å². The second-order valence-electron chi connectivity index (χ2n) is 10.1. The molecule has 6 heteroatoms. The van der Waals surface area contributed by atoms with Crippen LogP contribution in [0, 0.1) is 0 Å². The number of fused-ring (bicyclic) bond motifs is 1. The van der Waals surface area contributed by atoms with Crippen LogP contribution in [0.3, 0.4) is 0 Å². The van der Waals surface area contributed by atoms with Gasteiger partial charge in [0.25, 0.3) is 0 Å². The zero-order chi connectivity index (χ0) is 26.3. The fourth-order valence-electron chi connectivity index (χ4n) is 4.59. The Balaban J connectivity index is 1.78. The predicted molar refractivity (Wildman–Crippen MR) is 145 cm³/mol. The van der Waals surface area contributed by atoms with Crippen LogP contribution in [0.25, 0.3) is 11.6 Å². The third-order valence-electron chi connectivity index (χ3n) is 6.24. The van der Waals surface area contributed by atoms with E-state index in [0.717, 1.165) is 29.6 Å². The Kier molecular flexibility index (Phi) is 9.10. The summed E-state index contributed by atoms with van der Waals surface area (Å²) in [6, 6.07) is 7.70. The number of carbonyl (C=O) groups excluding carboxylic acids is 2. The molecule has 1 atom stereocenters. The summed E-state index contributed by atoms with van der Waals surface area (Å²) in [6.45, 7) is 12.2. The van der Waals surface area contributed by atoms with Crippen molar-refractivity contribution in [2.75, 3.05) is 19.7 Å². The fourth-order valence-corrected chi connectivity index (χ4v) is 4.59. The van der Waals surface area contributed by atoms with Crippen LogP contribution in [0.15, 0.2) is 71.9 Å². The molecule has 3 rings (SSSR count). The van der Waals surface area contributed by atoms with Crippen LogP contribution in [0.1, 0.15) is 58.1 Å². The third-order valence-corrected chi connectivity index (χ3v) is 6.24. The van der Waals surface area contributed by atoms with Gasteiger partial charge >= 0.3 is 6.09 Å². The topological polar surface area (TPSA) is 78.9 Å². The number of alkyl carbamates (subject to hydrolysis) is 1. The number of hydrogen-bond donors (Lipinski definition) is 2. The molecule has 0 unspecified atom stereocenters. The Morgan fingerprint density at radius 2 is 1.89 bits per heavy atom. The number of aliphatic hydroxyl groups is 1. The number of aliphatic hydroxyl groups excluding tert-OH is 1. The molecule has 0 radical (unpaired) electrons. The summed E-state index contributed by atoms with van der Waals surface area (Å²) >= 11 is 0. The van der Waals surface area contributed by atoms with Gasteiger partial charge in [-0.05, 0) is 68.4 Å². The van der Waals surface area contributed by atoms with Crippen LogP contribution in [-0.2, 0) is 9.53 Å². The van der Waals surface area contributed by atoms with Gasteiger partial charge in [0.05, 0.1) is 12.6 Å². The lowest BCUT2D eigenvalue weighted by molar-refractivity contribution is -0.132. The highest BCUT2D eigenvalue weighted by atomic mass is 16.6. The van der Waals surface area contributed by atoms with E-state index in [-0.39, 0.29) is 18.9 Å². The summed E-state index contributed by atoms with van der Waals surface area (Å²) in [5.41, 5.74) is 6.45. The molecule has 6 nitrogen and oxygen atoms in total. The summed E-state index contributed by atoms with van der Waals surface area (Å²) in [5, 5.41) is 12.3. The van der Waals surface area contributed by atoms with Gasteiger partial charge < -0.3 is 20.1 Å². The zero-order valence-electron chi connectivity index (χ0n) is 21.8. The summed E-state index contributed by atoms with van der Waals surface area (Å²) in [6.07, 6.45) is 11.2. The number of nitrogens with one attached hydrogen (secondary N) is 1. The van der Waals surface area contributed by atoms with Gasteiger partial charge in [-0.1, -0.05) is 66.8 Å². The molecule has 0 bridgehead atoms. The van der Waals surface area contributed by atoms with Crippen LogP contribution in [0.5, 0.6) is 0 Å². The molecule has 1 aromatic rings. The number of piperidine rings is 1. The molecule has 192 valence electrons. The van der Waals surface area contributed by atoms with Gasteiger partial charge in [-0.15, -0.1) is 0 Å². The van der Waals surface area contributed by atoms with Crippen molar-refractivity contribution in [1.29, 1.82) is 0 Å². The lowest BCUT2D eigenvalue weighted by atomic mass is 9.85. The van der Waals surface area contributed by atoms with E-state index in [9.17, 15) is 14.7 Å². The number of hydrogen-bond acceptors (Lipinski definition) is 4. The minimum absolute atomic E-state index is 0.0265. The monoisotopic (exact) mass is 490 g/mol. The highest BCUT2D eigenvalue weighted by Crippen LogP contribution is 2.39. The lowest BCUT2D eigenvalue weighted by Gasteiger charge is -2.32. The standard InChI is InChI=1S/C30H38N2O4/c1-6-10-25-21(7-2)13-14-22-11-8-9-12-26(22)28(25)23-15-17-32(18-16-23)27(34)19-24(20-33)31-29(35)36-30(3,4)5/h6-14,24,33H,2,15-20H2,1,3-5H3,(H,31,35)/b10-6-/t24-/m0/s1. The molecule has 0 spiro atoms. The normalized spacial score (nSPS) is 17.1. The van der Waals surface area contributed by atoms with Gasteiger partial charge in [0, 0.05) is 19.5 Å². The smallest absolute Gasteiger partial charge is 0.407 e. The van der Waals surface area contributed by atoms with Crippen molar-refractivity contribution >= 4 is 23.6 Å². The van der Waals surface area contributed by atoms with Gasteiger partial charge in [-0.2, -0.15) is 0 Å². The van der Waals surface area contributed by atoms with E-state index in [2.05, 4.69) is 48.3 Å². The number of likely N-dealkylation sites (tertiary alicyclic amines) is 1. The van der Waals surface area contributed by atoms with E-state index < -0.39 is 17.7 Å². The highest BCUT2D eigenvalue weighted by molar-refractivity contribution is 5.92. The molecule has 1 saturated heterocycles. The van der Waals surface area contributed by atoms with Crippen molar-refractivity contribution in [3.05, 3.63) is 83.0 Å². The second-order valence-corrected chi connectivity index (χ2v) is 10.1. The molecule has 1 heterocycles. The number of amides is 2. The van der Waals surface area contributed by atoms with Crippen LogP contribution in [0.4, 0.5) is 4.79 Å². The van der Waals surface area contributed by atoms with E-state index in [1.54, 1.807) is 20.8 Å². The van der Waals surface area contributed by atoms with Crippen LogP contribution in [-0.4, -0.2) is 53.3 Å². The van der Waals surface area contributed by atoms with E-state index in [1.165, 1.54) is 16.7 Å². The summed E-state index contributed by atoms with van der Waals surface area (Å²) in [5.74, 6) is -0.0897. The first-order valence-corrected chi connectivity index (χ1v) is 12.5. The molecule has 1 aromatic carbocycles. The van der Waals surface area contributed by atoms with Gasteiger partial charge in [-0.25, -0.2) is 4.79 Å². The maximum Gasteiger partial charge on any atom is 0.407 e. The molecule has 36 heavy (non-hydrogen) atoms. The Labute approximate surface area is 214 Å². The third kappa shape index (κ3) is 6.85. The second kappa shape index (κ2) is 12.0. The van der Waals surface area contributed by atoms with Gasteiger partial charge in [0.2, 0.25) is 5.91 Å². The number of ether oxygens (including phenoxy) is 1. The molecule has 0 saturated carbocycles. The lowest BCUT2D eigenvalue weighted by Crippen LogP contribution is -2.45. The number of benzene rings is 1. The highest BCUT2D eigenvalue weighted by Gasteiger charge is 2.27. The van der Waals surface area contributed by atoms with Crippen molar-refractivity contribution < 1.29 is 19.4 Å². The minimum atomic E-state index is -0.689.